The number of carboxylic acid groups (broad SMARTS) is 1. The SMILES string of the molecule is [2H][C@](O)(CC(=O)O)[C@]([2H])(O)CCCCCC. The van der Waals surface area contributed by atoms with Crippen molar-refractivity contribution >= 4 is 5.97 Å². The van der Waals surface area contributed by atoms with Crippen molar-refractivity contribution in [1.29, 1.82) is 0 Å². The summed E-state index contributed by atoms with van der Waals surface area (Å²) in [5, 5.41) is 27.4. The first-order chi connectivity index (χ1) is 7.23. The predicted molar refractivity (Wildman–Crippen MR) is 53.0 cm³/mol. The van der Waals surface area contributed by atoms with E-state index in [0.29, 0.717) is 6.42 Å². The topological polar surface area (TPSA) is 77.8 Å². The van der Waals surface area contributed by atoms with Crippen LogP contribution in [0.3, 0.4) is 0 Å². The third-order valence-corrected chi connectivity index (χ3v) is 1.92. The average molecular weight is 206 g/mol. The molecule has 0 heterocycles. The number of carbonyl (C=O) groups is 1. The number of hydrogen-bond donors (Lipinski definition) is 3. The van der Waals surface area contributed by atoms with Crippen LogP contribution in [0.1, 0.15) is 48.2 Å². The predicted octanol–water partition coefficient (Wildman–Crippen LogP) is 1.15. The molecule has 0 aromatic carbocycles. The van der Waals surface area contributed by atoms with E-state index in [1.807, 2.05) is 6.92 Å². The Kier molecular flexibility index (Phi) is 5.50. The summed E-state index contributed by atoms with van der Waals surface area (Å²) in [6.45, 7) is 2.01. The highest BCUT2D eigenvalue weighted by Gasteiger charge is 2.18. The number of carboxylic acids is 1. The molecule has 0 aliphatic rings. The fourth-order valence-electron chi connectivity index (χ4n) is 1.11. The Morgan fingerprint density at radius 2 is 1.93 bits per heavy atom. The molecule has 0 amide bonds. The third-order valence-electron chi connectivity index (χ3n) is 1.92. The van der Waals surface area contributed by atoms with Crippen molar-refractivity contribution < 1.29 is 22.9 Å². The zero-order valence-corrected chi connectivity index (χ0v) is 8.49. The van der Waals surface area contributed by atoms with Gasteiger partial charge in [-0.05, 0) is 6.42 Å². The molecule has 0 aliphatic heterocycles. The first-order valence-corrected chi connectivity index (χ1v) is 4.89. The highest BCUT2D eigenvalue weighted by molar-refractivity contribution is 5.67. The van der Waals surface area contributed by atoms with Crippen LogP contribution in [0, 0.1) is 0 Å². The van der Waals surface area contributed by atoms with Crippen LogP contribution in [0.25, 0.3) is 0 Å². The van der Waals surface area contributed by atoms with Gasteiger partial charge in [-0.1, -0.05) is 32.6 Å². The van der Waals surface area contributed by atoms with Gasteiger partial charge in [-0.3, -0.25) is 4.79 Å². The van der Waals surface area contributed by atoms with E-state index in [2.05, 4.69) is 0 Å². The monoisotopic (exact) mass is 206 g/mol. The summed E-state index contributed by atoms with van der Waals surface area (Å²) in [6, 6.07) is 0. The van der Waals surface area contributed by atoms with Crippen molar-refractivity contribution in [2.45, 2.75) is 57.6 Å². The molecule has 3 N–H and O–H groups in total. The van der Waals surface area contributed by atoms with Gasteiger partial charge < -0.3 is 15.3 Å². The molecule has 0 radical (unpaired) electrons. The molecule has 0 rings (SSSR count). The summed E-state index contributed by atoms with van der Waals surface area (Å²) >= 11 is 0. The largest absolute Gasteiger partial charge is 0.481 e. The first kappa shape index (κ1) is 9.93. The quantitative estimate of drug-likeness (QED) is 0.521. The van der Waals surface area contributed by atoms with Crippen molar-refractivity contribution in [3.05, 3.63) is 0 Å². The first-order valence-electron chi connectivity index (χ1n) is 5.89. The fraction of sp³-hybridized carbons (Fsp3) is 0.900. The zero-order chi connectivity index (χ0) is 12.8. The van der Waals surface area contributed by atoms with E-state index in [-0.39, 0.29) is 6.42 Å². The molecule has 0 aromatic rings. The van der Waals surface area contributed by atoms with E-state index in [1.54, 1.807) is 0 Å². The molecule has 0 fully saturated rings. The Morgan fingerprint density at radius 3 is 2.43 bits per heavy atom. The Hall–Kier alpha value is -0.610. The standard InChI is InChI=1S/C10H20O4/c1-2-3-4-5-6-8(11)9(12)7-10(13)14/h8-9,11-12H,2-7H2,1H3,(H,13,14)/t8-,9+/m1/s1/i8D,9D. The minimum absolute atomic E-state index is 0.0969. The van der Waals surface area contributed by atoms with Crippen molar-refractivity contribution in [3.63, 3.8) is 0 Å². The van der Waals surface area contributed by atoms with Gasteiger partial charge in [0, 0.05) is 0 Å². The van der Waals surface area contributed by atoms with Crippen molar-refractivity contribution in [3.8, 4) is 0 Å². The number of unbranched alkanes of at least 4 members (excludes halogenated alkanes) is 3. The van der Waals surface area contributed by atoms with E-state index in [1.165, 1.54) is 0 Å². The maximum Gasteiger partial charge on any atom is 0.306 e. The van der Waals surface area contributed by atoms with Crippen LogP contribution in [-0.4, -0.2) is 33.4 Å². The van der Waals surface area contributed by atoms with Gasteiger partial charge >= 0.3 is 5.97 Å². The summed E-state index contributed by atoms with van der Waals surface area (Å²) in [5.41, 5.74) is 0. The van der Waals surface area contributed by atoms with Gasteiger partial charge in [-0.15, -0.1) is 0 Å². The number of rotatable bonds is 8. The summed E-state index contributed by atoms with van der Waals surface area (Å²) < 4.78 is 14.7. The molecule has 84 valence electrons. The van der Waals surface area contributed by atoms with E-state index in [0.717, 1.165) is 19.3 Å². The van der Waals surface area contributed by atoms with Crippen LogP contribution in [0.5, 0.6) is 0 Å². The maximum atomic E-state index is 10.4. The van der Waals surface area contributed by atoms with Gasteiger partial charge in [0.05, 0.1) is 21.3 Å². The Morgan fingerprint density at radius 1 is 1.29 bits per heavy atom. The fourth-order valence-corrected chi connectivity index (χ4v) is 1.11. The van der Waals surface area contributed by atoms with E-state index >= 15 is 0 Å². The van der Waals surface area contributed by atoms with Gasteiger partial charge in [-0.2, -0.15) is 0 Å². The summed E-state index contributed by atoms with van der Waals surface area (Å²) in [5.74, 6) is -1.41. The van der Waals surface area contributed by atoms with Gasteiger partial charge in [0.1, 0.15) is 0 Å². The lowest BCUT2D eigenvalue weighted by Gasteiger charge is -2.15. The summed E-state index contributed by atoms with van der Waals surface area (Å²) in [4.78, 5) is 10.4. The minimum atomic E-state index is -2.66. The summed E-state index contributed by atoms with van der Waals surface area (Å²) in [7, 11) is 0. The number of hydrogen-bond acceptors (Lipinski definition) is 3. The van der Waals surface area contributed by atoms with Crippen LogP contribution in [0.2, 0.25) is 0 Å². The number of aliphatic hydroxyl groups is 2. The second-order valence-corrected chi connectivity index (χ2v) is 3.27. The lowest BCUT2D eigenvalue weighted by atomic mass is 10.0. The number of aliphatic carboxylic acids is 1. The Balaban J connectivity index is 4.22. The summed E-state index contributed by atoms with van der Waals surface area (Å²) in [6.07, 6.45) is -2.91. The van der Waals surface area contributed by atoms with Crippen LogP contribution >= 0.6 is 0 Å². The molecule has 0 aromatic heterocycles. The molecular weight excluding hydrogens is 184 g/mol. The molecule has 14 heavy (non-hydrogen) atoms. The van der Waals surface area contributed by atoms with E-state index < -0.39 is 24.6 Å². The molecular formula is C10H20O4. The smallest absolute Gasteiger partial charge is 0.306 e. The molecule has 0 saturated heterocycles. The second-order valence-electron chi connectivity index (χ2n) is 3.27. The van der Waals surface area contributed by atoms with Gasteiger partial charge in [0.25, 0.3) is 0 Å². The van der Waals surface area contributed by atoms with Crippen molar-refractivity contribution in [2.75, 3.05) is 0 Å². The van der Waals surface area contributed by atoms with Crippen molar-refractivity contribution in [1.82, 2.24) is 0 Å². The molecule has 0 bridgehead atoms. The van der Waals surface area contributed by atoms with Crippen LogP contribution in [-0.2, 0) is 4.79 Å². The molecule has 0 saturated carbocycles. The molecule has 0 aliphatic carbocycles. The highest BCUT2D eigenvalue weighted by Crippen LogP contribution is 2.10. The lowest BCUT2D eigenvalue weighted by Crippen LogP contribution is -2.28. The molecule has 4 nitrogen and oxygen atoms in total. The Bertz CT molecular complexity index is 229. The molecule has 0 spiro atoms. The highest BCUT2D eigenvalue weighted by atomic mass is 16.4. The second kappa shape index (κ2) is 7.76. The molecule has 0 unspecified atom stereocenters. The van der Waals surface area contributed by atoms with Crippen LogP contribution < -0.4 is 0 Å². The maximum absolute atomic E-state index is 10.4. The molecule has 2 atom stereocenters. The van der Waals surface area contributed by atoms with Crippen LogP contribution in [0.15, 0.2) is 0 Å². The minimum Gasteiger partial charge on any atom is -0.481 e. The van der Waals surface area contributed by atoms with E-state index in [9.17, 15) is 15.0 Å². The lowest BCUT2D eigenvalue weighted by molar-refractivity contribution is -0.141. The van der Waals surface area contributed by atoms with Gasteiger partial charge in [-0.25, -0.2) is 0 Å². The normalized spacial score (nSPS) is 21.6. The Labute approximate surface area is 87.4 Å². The van der Waals surface area contributed by atoms with Crippen molar-refractivity contribution in [2.24, 2.45) is 0 Å². The van der Waals surface area contributed by atoms with Gasteiger partial charge in [0.2, 0.25) is 0 Å². The average Bonchev–Trinajstić information content (AvgIpc) is 2.10. The zero-order valence-electron chi connectivity index (χ0n) is 10.5. The van der Waals surface area contributed by atoms with E-state index in [4.69, 9.17) is 7.85 Å². The molecule has 4 heteroatoms. The van der Waals surface area contributed by atoms with Crippen LogP contribution in [0.4, 0.5) is 0 Å². The van der Waals surface area contributed by atoms with Gasteiger partial charge in [0.15, 0.2) is 0 Å². The third kappa shape index (κ3) is 6.86.